The highest BCUT2D eigenvalue weighted by atomic mass is 32.1. The van der Waals surface area contributed by atoms with Gasteiger partial charge in [0.05, 0.1) is 12.2 Å². The van der Waals surface area contributed by atoms with E-state index in [0.717, 1.165) is 12.4 Å². The Morgan fingerprint density at radius 1 is 1.47 bits per heavy atom. The lowest BCUT2D eigenvalue weighted by atomic mass is 10.3. The van der Waals surface area contributed by atoms with Crippen molar-refractivity contribution in [1.29, 1.82) is 0 Å². The van der Waals surface area contributed by atoms with Crippen LogP contribution in [0, 0.1) is 0 Å². The van der Waals surface area contributed by atoms with E-state index < -0.39 is 0 Å². The van der Waals surface area contributed by atoms with E-state index in [1.807, 2.05) is 9.95 Å². The number of aromatic nitrogens is 3. The summed E-state index contributed by atoms with van der Waals surface area (Å²) in [6.07, 6.45) is 1.69. The summed E-state index contributed by atoms with van der Waals surface area (Å²) in [5, 5.41) is 9.64. The predicted molar refractivity (Wildman–Crippen MR) is 63.5 cm³/mol. The fraction of sp³-hybridized carbons (Fsp3) is 0.300. The Hall–Kier alpha value is -1.89. The maximum absolute atomic E-state index is 12.2. The second-order valence-corrected chi connectivity index (χ2v) is 4.79. The number of nitrogens with zero attached hydrogens (tertiary/aromatic N) is 4. The molecule has 0 saturated heterocycles. The minimum absolute atomic E-state index is 0.0215. The van der Waals surface area contributed by atoms with Crippen molar-refractivity contribution in [3.05, 3.63) is 28.5 Å². The highest BCUT2D eigenvalue weighted by molar-refractivity contribution is 7.12. The second kappa shape index (κ2) is 3.85. The molecule has 1 aliphatic heterocycles. The van der Waals surface area contributed by atoms with E-state index in [4.69, 9.17) is 5.73 Å². The Morgan fingerprint density at radius 2 is 2.35 bits per heavy atom. The van der Waals surface area contributed by atoms with Crippen LogP contribution in [-0.2, 0) is 13.1 Å². The Labute approximate surface area is 102 Å². The summed E-state index contributed by atoms with van der Waals surface area (Å²) in [7, 11) is 0. The van der Waals surface area contributed by atoms with Gasteiger partial charge in [0.1, 0.15) is 11.2 Å². The highest BCUT2D eigenvalue weighted by Crippen LogP contribution is 2.22. The second-order valence-electron chi connectivity index (χ2n) is 3.87. The summed E-state index contributed by atoms with van der Waals surface area (Å²) in [4.78, 5) is 14.6. The minimum atomic E-state index is -0.0215. The molecule has 0 atom stereocenters. The first-order valence-corrected chi connectivity index (χ1v) is 6.12. The molecule has 2 aromatic heterocycles. The number of carbonyl (C=O) groups is 1. The Bertz CT molecular complexity index is 561. The molecule has 0 unspecified atom stereocenters. The van der Waals surface area contributed by atoms with Gasteiger partial charge in [0.15, 0.2) is 5.82 Å². The summed E-state index contributed by atoms with van der Waals surface area (Å²) >= 11 is 1.38. The van der Waals surface area contributed by atoms with Crippen LogP contribution in [0.5, 0.6) is 0 Å². The summed E-state index contributed by atoms with van der Waals surface area (Å²) in [6, 6.07) is 1.75. The molecule has 0 fully saturated rings. The normalized spacial score (nSPS) is 14.7. The number of rotatable bonds is 1. The molecular weight excluding hydrogens is 238 g/mol. The predicted octanol–water partition coefficient (Wildman–Crippen LogP) is 0.578. The largest absolute Gasteiger partial charge is 0.397 e. The fourth-order valence-corrected chi connectivity index (χ4v) is 2.66. The Kier molecular flexibility index (Phi) is 2.32. The van der Waals surface area contributed by atoms with Gasteiger partial charge >= 0.3 is 0 Å². The van der Waals surface area contributed by atoms with Gasteiger partial charge in [-0.2, -0.15) is 0 Å². The van der Waals surface area contributed by atoms with Crippen molar-refractivity contribution in [2.45, 2.75) is 13.1 Å². The summed E-state index contributed by atoms with van der Waals surface area (Å²) in [6.45, 7) is 1.90. The van der Waals surface area contributed by atoms with Crippen LogP contribution in [0.1, 0.15) is 15.5 Å². The van der Waals surface area contributed by atoms with E-state index in [0.29, 0.717) is 23.7 Å². The third-order valence-corrected chi connectivity index (χ3v) is 3.73. The van der Waals surface area contributed by atoms with Gasteiger partial charge in [0.25, 0.3) is 5.91 Å². The van der Waals surface area contributed by atoms with Crippen LogP contribution < -0.4 is 5.73 Å². The SMILES string of the molecule is Nc1ccsc1C(=O)N1CCn2cnnc2C1. The molecule has 2 N–H and O–H groups in total. The molecule has 0 radical (unpaired) electrons. The van der Waals surface area contributed by atoms with Gasteiger partial charge in [-0.25, -0.2) is 0 Å². The lowest BCUT2D eigenvalue weighted by Gasteiger charge is -2.26. The van der Waals surface area contributed by atoms with Gasteiger partial charge in [0.2, 0.25) is 0 Å². The number of fused-ring (bicyclic) bond motifs is 1. The van der Waals surface area contributed by atoms with Gasteiger partial charge in [0, 0.05) is 13.1 Å². The molecule has 0 spiro atoms. The zero-order chi connectivity index (χ0) is 11.8. The molecule has 3 rings (SSSR count). The van der Waals surface area contributed by atoms with E-state index in [1.165, 1.54) is 11.3 Å². The van der Waals surface area contributed by atoms with Crippen LogP contribution in [0.4, 0.5) is 5.69 Å². The van der Waals surface area contributed by atoms with Gasteiger partial charge < -0.3 is 15.2 Å². The van der Waals surface area contributed by atoms with Crippen molar-refractivity contribution in [3.8, 4) is 0 Å². The van der Waals surface area contributed by atoms with Crippen molar-refractivity contribution >= 4 is 22.9 Å². The molecule has 0 aromatic carbocycles. The number of thiophene rings is 1. The lowest BCUT2D eigenvalue weighted by Crippen LogP contribution is -2.38. The van der Waals surface area contributed by atoms with Crippen molar-refractivity contribution in [3.63, 3.8) is 0 Å². The van der Waals surface area contributed by atoms with E-state index >= 15 is 0 Å². The average molecular weight is 249 g/mol. The molecule has 17 heavy (non-hydrogen) atoms. The number of carbonyl (C=O) groups excluding carboxylic acids is 1. The van der Waals surface area contributed by atoms with Gasteiger partial charge in [-0.3, -0.25) is 4.79 Å². The molecular formula is C10H11N5OS. The van der Waals surface area contributed by atoms with Crippen LogP contribution in [0.2, 0.25) is 0 Å². The van der Waals surface area contributed by atoms with Crippen molar-refractivity contribution in [2.24, 2.45) is 0 Å². The molecule has 88 valence electrons. The van der Waals surface area contributed by atoms with Crippen LogP contribution in [0.15, 0.2) is 17.8 Å². The molecule has 1 aliphatic rings. The van der Waals surface area contributed by atoms with Crippen LogP contribution in [0.25, 0.3) is 0 Å². The van der Waals surface area contributed by atoms with E-state index in [-0.39, 0.29) is 5.91 Å². The molecule has 0 saturated carbocycles. The quantitative estimate of drug-likeness (QED) is 0.802. The molecule has 7 heteroatoms. The number of anilines is 1. The number of nitrogen functional groups attached to an aromatic ring is 1. The first kappa shape index (κ1) is 10.3. The number of hydrogen-bond acceptors (Lipinski definition) is 5. The smallest absolute Gasteiger partial charge is 0.266 e. The number of hydrogen-bond donors (Lipinski definition) is 1. The zero-order valence-electron chi connectivity index (χ0n) is 9.04. The average Bonchev–Trinajstić information content (AvgIpc) is 2.95. The third-order valence-electron chi connectivity index (χ3n) is 2.82. The monoisotopic (exact) mass is 249 g/mol. The van der Waals surface area contributed by atoms with Gasteiger partial charge in [-0.15, -0.1) is 21.5 Å². The van der Waals surface area contributed by atoms with Crippen molar-refractivity contribution < 1.29 is 4.79 Å². The van der Waals surface area contributed by atoms with Crippen LogP contribution in [0.3, 0.4) is 0 Å². The first-order valence-electron chi connectivity index (χ1n) is 5.24. The molecule has 3 heterocycles. The summed E-state index contributed by atoms with van der Waals surface area (Å²) < 4.78 is 1.96. The Balaban J connectivity index is 1.84. The number of amides is 1. The molecule has 6 nitrogen and oxygen atoms in total. The highest BCUT2D eigenvalue weighted by Gasteiger charge is 2.24. The van der Waals surface area contributed by atoms with Gasteiger partial charge in [-0.05, 0) is 11.4 Å². The standard InChI is InChI=1S/C10H11N5OS/c11-7-1-4-17-9(7)10(16)14-2-3-15-6-12-13-8(15)5-14/h1,4,6H,2-3,5,11H2. The molecule has 0 aliphatic carbocycles. The van der Waals surface area contributed by atoms with Gasteiger partial charge in [-0.1, -0.05) is 0 Å². The topological polar surface area (TPSA) is 77.0 Å². The Morgan fingerprint density at radius 3 is 3.12 bits per heavy atom. The summed E-state index contributed by atoms with van der Waals surface area (Å²) in [5.74, 6) is 0.798. The molecule has 1 amide bonds. The third kappa shape index (κ3) is 1.68. The lowest BCUT2D eigenvalue weighted by molar-refractivity contribution is 0.0713. The zero-order valence-corrected chi connectivity index (χ0v) is 9.85. The fourth-order valence-electron chi connectivity index (χ4n) is 1.88. The molecule has 0 bridgehead atoms. The minimum Gasteiger partial charge on any atom is -0.397 e. The van der Waals surface area contributed by atoms with E-state index in [1.54, 1.807) is 17.3 Å². The van der Waals surface area contributed by atoms with Crippen LogP contribution in [-0.4, -0.2) is 32.1 Å². The maximum Gasteiger partial charge on any atom is 0.266 e. The number of nitrogens with two attached hydrogens (primary N) is 1. The van der Waals surface area contributed by atoms with E-state index in [2.05, 4.69) is 10.2 Å². The van der Waals surface area contributed by atoms with Crippen LogP contribution >= 0.6 is 11.3 Å². The first-order chi connectivity index (χ1) is 8.25. The molecule has 2 aromatic rings. The van der Waals surface area contributed by atoms with Crippen molar-refractivity contribution in [2.75, 3.05) is 12.3 Å². The summed E-state index contributed by atoms with van der Waals surface area (Å²) in [5.41, 5.74) is 6.30. The maximum atomic E-state index is 12.2. The van der Waals surface area contributed by atoms with E-state index in [9.17, 15) is 4.79 Å². The van der Waals surface area contributed by atoms with Crippen molar-refractivity contribution in [1.82, 2.24) is 19.7 Å².